The van der Waals surface area contributed by atoms with Crippen molar-refractivity contribution in [2.24, 2.45) is 5.92 Å². The maximum atomic E-state index is 9.46. The average molecular weight is 352 g/mol. The van der Waals surface area contributed by atoms with Gasteiger partial charge in [-0.1, -0.05) is 19.9 Å². The monoisotopic (exact) mass is 351 g/mol. The molecule has 2 atom stereocenters. The third-order valence-electron chi connectivity index (χ3n) is 3.28. The summed E-state index contributed by atoms with van der Waals surface area (Å²) in [6.45, 7) is 5.98. The van der Waals surface area contributed by atoms with Crippen molar-refractivity contribution in [2.75, 3.05) is 11.9 Å². The Balaban J connectivity index is 2.10. The molecule has 2 N–H and O–H groups in total. The van der Waals surface area contributed by atoms with Gasteiger partial charge in [-0.3, -0.25) is 4.98 Å². The van der Waals surface area contributed by atoms with E-state index in [9.17, 15) is 5.11 Å². The Labute approximate surface area is 146 Å². The van der Waals surface area contributed by atoms with Crippen LogP contribution in [0.4, 0.5) is 5.95 Å². The second-order valence-corrected chi connectivity index (χ2v) is 6.22. The van der Waals surface area contributed by atoms with Gasteiger partial charge in [0.05, 0.1) is 18.3 Å². The van der Waals surface area contributed by atoms with E-state index in [2.05, 4.69) is 39.1 Å². The third kappa shape index (κ3) is 5.58. The molecule has 0 fully saturated rings. The maximum absolute atomic E-state index is 9.46. The first-order chi connectivity index (χ1) is 11.5. The van der Waals surface area contributed by atoms with Crippen LogP contribution in [-0.4, -0.2) is 37.7 Å². The van der Waals surface area contributed by atoms with E-state index in [1.165, 1.54) is 0 Å². The lowest BCUT2D eigenvalue weighted by atomic mass is 10.0. The van der Waals surface area contributed by atoms with Crippen molar-refractivity contribution in [3.05, 3.63) is 35.4 Å². The number of pyridine rings is 1. The number of anilines is 1. The number of ether oxygens (including phenoxy) is 1. The Morgan fingerprint density at radius 2 is 2.00 bits per heavy atom. The summed E-state index contributed by atoms with van der Waals surface area (Å²) in [5.41, 5.74) is 0.761. The van der Waals surface area contributed by atoms with E-state index in [0.29, 0.717) is 5.92 Å². The van der Waals surface area contributed by atoms with Crippen LogP contribution in [0.2, 0.25) is 5.28 Å². The number of hydrogen-bond donors (Lipinski definition) is 2. The van der Waals surface area contributed by atoms with Crippen molar-refractivity contribution in [1.29, 1.82) is 0 Å². The Bertz CT molecular complexity index is 642. The highest BCUT2D eigenvalue weighted by Gasteiger charge is 2.15. The molecule has 8 heteroatoms. The van der Waals surface area contributed by atoms with Gasteiger partial charge in [-0.2, -0.15) is 15.0 Å². The summed E-state index contributed by atoms with van der Waals surface area (Å²) in [4.78, 5) is 16.5. The molecule has 0 aromatic carbocycles. The molecule has 0 bridgehead atoms. The SMILES string of the molecule is CC(C)C[C@H](CO)Nc1nc(Cl)nc(O[C@@H](C)c2ccccn2)n1. The highest BCUT2D eigenvalue weighted by atomic mass is 35.5. The molecular weight excluding hydrogens is 330 g/mol. The van der Waals surface area contributed by atoms with Crippen LogP contribution in [0.5, 0.6) is 6.01 Å². The summed E-state index contributed by atoms with van der Waals surface area (Å²) in [6.07, 6.45) is 2.14. The topological polar surface area (TPSA) is 93.0 Å². The fraction of sp³-hybridized carbons (Fsp3) is 0.500. The summed E-state index contributed by atoms with van der Waals surface area (Å²) < 4.78 is 5.71. The molecule has 0 amide bonds. The zero-order chi connectivity index (χ0) is 17.5. The Hall–Kier alpha value is -1.99. The second-order valence-electron chi connectivity index (χ2n) is 5.88. The summed E-state index contributed by atoms with van der Waals surface area (Å²) >= 11 is 5.95. The van der Waals surface area contributed by atoms with Gasteiger partial charge < -0.3 is 15.2 Å². The molecule has 2 rings (SSSR count). The molecule has 2 heterocycles. The van der Waals surface area contributed by atoms with Gasteiger partial charge >= 0.3 is 6.01 Å². The predicted octanol–water partition coefficient (Wildman–Crippen LogP) is 2.88. The molecule has 0 saturated heterocycles. The van der Waals surface area contributed by atoms with Crippen molar-refractivity contribution in [3.8, 4) is 6.01 Å². The molecule has 2 aromatic rings. The smallest absolute Gasteiger partial charge is 0.323 e. The first kappa shape index (κ1) is 18.4. The lowest BCUT2D eigenvalue weighted by Crippen LogP contribution is -2.27. The van der Waals surface area contributed by atoms with Crippen LogP contribution in [0.1, 0.15) is 39.0 Å². The summed E-state index contributed by atoms with van der Waals surface area (Å²) in [5.74, 6) is 0.699. The summed E-state index contributed by atoms with van der Waals surface area (Å²) in [7, 11) is 0. The first-order valence-electron chi connectivity index (χ1n) is 7.84. The highest BCUT2D eigenvalue weighted by molar-refractivity contribution is 6.28. The molecule has 0 aliphatic carbocycles. The van der Waals surface area contributed by atoms with Crippen LogP contribution in [0.15, 0.2) is 24.4 Å². The van der Waals surface area contributed by atoms with Crippen LogP contribution in [0.25, 0.3) is 0 Å². The fourth-order valence-electron chi connectivity index (χ4n) is 2.21. The molecular formula is C16H22ClN5O2. The van der Waals surface area contributed by atoms with Crippen LogP contribution in [0, 0.1) is 5.92 Å². The zero-order valence-corrected chi connectivity index (χ0v) is 14.7. The lowest BCUT2D eigenvalue weighted by Gasteiger charge is -2.18. The zero-order valence-electron chi connectivity index (χ0n) is 14.0. The molecule has 0 aliphatic rings. The molecule has 2 aromatic heterocycles. The number of hydrogen-bond acceptors (Lipinski definition) is 7. The number of rotatable bonds is 8. The fourth-order valence-corrected chi connectivity index (χ4v) is 2.37. The second kappa shape index (κ2) is 8.75. The number of aromatic nitrogens is 4. The summed E-state index contributed by atoms with van der Waals surface area (Å²) in [6, 6.07) is 5.52. The largest absolute Gasteiger partial charge is 0.454 e. The van der Waals surface area contributed by atoms with E-state index in [1.54, 1.807) is 6.20 Å². The van der Waals surface area contributed by atoms with Gasteiger partial charge in [0.15, 0.2) is 0 Å². The van der Waals surface area contributed by atoms with Crippen molar-refractivity contribution in [2.45, 2.75) is 39.3 Å². The summed E-state index contributed by atoms with van der Waals surface area (Å²) in [5, 5.41) is 12.5. The van der Waals surface area contributed by atoms with Crippen molar-refractivity contribution in [1.82, 2.24) is 19.9 Å². The average Bonchev–Trinajstić information content (AvgIpc) is 2.54. The van der Waals surface area contributed by atoms with Gasteiger partial charge in [0.2, 0.25) is 11.2 Å². The van der Waals surface area contributed by atoms with Crippen LogP contribution < -0.4 is 10.1 Å². The van der Waals surface area contributed by atoms with E-state index in [1.807, 2.05) is 25.1 Å². The molecule has 24 heavy (non-hydrogen) atoms. The first-order valence-corrected chi connectivity index (χ1v) is 8.22. The third-order valence-corrected chi connectivity index (χ3v) is 3.45. The van der Waals surface area contributed by atoms with E-state index in [4.69, 9.17) is 16.3 Å². The predicted molar refractivity (Wildman–Crippen MR) is 92.1 cm³/mol. The number of nitrogens with zero attached hydrogens (tertiary/aromatic N) is 4. The quantitative estimate of drug-likeness (QED) is 0.755. The van der Waals surface area contributed by atoms with Gasteiger partial charge in [0.25, 0.3) is 0 Å². The number of halogens is 1. The highest BCUT2D eigenvalue weighted by Crippen LogP contribution is 2.20. The van der Waals surface area contributed by atoms with Crippen LogP contribution >= 0.6 is 11.6 Å². The van der Waals surface area contributed by atoms with E-state index < -0.39 is 0 Å². The maximum Gasteiger partial charge on any atom is 0.323 e. The molecule has 130 valence electrons. The minimum atomic E-state index is -0.332. The minimum absolute atomic E-state index is 0.0250. The number of nitrogens with one attached hydrogen (secondary N) is 1. The molecule has 0 spiro atoms. The van der Waals surface area contributed by atoms with E-state index in [0.717, 1.165) is 12.1 Å². The number of aliphatic hydroxyl groups excluding tert-OH is 1. The Morgan fingerprint density at radius 1 is 1.21 bits per heavy atom. The molecule has 0 unspecified atom stereocenters. The van der Waals surface area contributed by atoms with Crippen molar-refractivity contribution < 1.29 is 9.84 Å². The molecule has 0 aliphatic heterocycles. The van der Waals surface area contributed by atoms with Crippen LogP contribution in [-0.2, 0) is 0 Å². The van der Waals surface area contributed by atoms with Gasteiger partial charge in [-0.25, -0.2) is 0 Å². The van der Waals surface area contributed by atoms with Crippen molar-refractivity contribution >= 4 is 17.5 Å². The molecule has 0 saturated carbocycles. The molecule has 7 nitrogen and oxygen atoms in total. The standard InChI is InChI=1S/C16H22ClN5O2/c1-10(2)8-12(9-23)19-15-20-14(17)21-16(22-15)24-11(3)13-6-4-5-7-18-13/h4-7,10-12,23H,8-9H2,1-3H3,(H,19,20,21,22)/t11-,12+/m0/s1. The van der Waals surface area contributed by atoms with Crippen LogP contribution in [0.3, 0.4) is 0 Å². The van der Waals surface area contributed by atoms with Gasteiger partial charge in [0, 0.05) is 6.20 Å². The minimum Gasteiger partial charge on any atom is -0.454 e. The van der Waals surface area contributed by atoms with Gasteiger partial charge in [0.1, 0.15) is 6.10 Å². The molecule has 0 radical (unpaired) electrons. The van der Waals surface area contributed by atoms with Gasteiger partial charge in [-0.15, -0.1) is 0 Å². The van der Waals surface area contributed by atoms with E-state index >= 15 is 0 Å². The van der Waals surface area contributed by atoms with E-state index in [-0.39, 0.29) is 36.0 Å². The number of aliphatic hydroxyl groups is 1. The normalized spacial score (nSPS) is 13.6. The van der Waals surface area contributed by atoms with Crippen molar-refractivity contribution in [3.63, 3.8) is 0 Å². The van der Waals surface area contributed by atoms with Gasteiger partial charge in [-0.05, 0) is 43.0 Å². The lowest BCUT2D eigenvalue weighted by molar-refractivity contribution is 0.202. The Kier molecular flexibility index (Phi) is 6.69. The Morgan fingerprint density at radius 3 is 2.62 bits per heavy atom.